The lowest BCUT2D eigenvalue weighted by molar-refractivity contribution is -0.137. The number of nitrogens with two attached hydrogens (primary N) is 1. The average Bonchev–Trinajstić information content (AvgIpc) is 2.81. The van der Waals surface area contributed by atoms with Crippen molar-refractivity contribution in [1.82, 2.24) is 14.8 Å². The fraction of sp³-hybridized carbons (Fsp3) is 0.273. The van der Waals surface area contributed by atoms with Crippen molar-refractivity contribution in [2.75, 3.05) is 0 Å². The highest BCUT2D eigenvalue weighted by Gasteiger charge is 2.32. The molecule has 21 heavy (non-hydrogen) atoms. The van der Waals surface area contributed by atoms with E-state index in [4.69, 9.17) is 17.3 Å². The smallest absolute Gasteiger partial charge is 0.326 e. The first-order chi connectivity index (χ1) is 9.75. The van der Waals surface area contributed by atoms with Crippen LogP contribution in [0.25, 0.3) is 5.82 Å². The van der Waals surface area contributed by atoms with Gasteiger partial charge in [-0.25, -0.2) is 18.4 Å². The maximum atomic E-state index is 13.0. The Balaban J connectivity index is 2.56. The average molecular weight is 327 g/mol. The van der Waals surface area contributed by atoms with Gasteiger partial charge in [0.2, 0.25) is 0 Å². The van der Waals surface area contributed by atoms with Crippen LogP contribution in [0.1, 0.15) is 23.2 Å². The molecule has 10 heteroatoms. The minimum Gasteiger partial charge on any atom is -0.326 e. The van der Waals surface area contributed by atoms with Crippen LogP contribution in [-0.2, 0) is 12.7 Å². The van der Waals surface area contributed by atoms with Crippen LogP contribution in [0, 0.1) is 0 Å². The minimum atomic E-state index is -4.63. The Hall–Kier alpha value is -1.74. The van der Waals surface area contributed by atoms with Crippen LogP contribution in [0.4, 0.5) is 22.0 Å². The third-order valence-corrected chi connectivity index (χ3v) is 2.94. The Morgan fingerprint density at radius 1 is 1.29 bits per heavy atom. The molecule has 0 aliphatic carbocycles. The predicted octanol–water partition coefficient (Wildman–Crippen LogP) is 3.34. The van der Waals surface area contributed by atoms with E-state index >= 15 is 0 Å². The van der Waals surface area contributed by atoms with E-state index in [2.05, 4.69) is 10.1 Å². The predicted molar refractivity (Wildman–Crippen MR) is 64.2 cm³/mol. The fourth-order valence-corrected chi connectivity index (χ4v) is 1.94. The molecular formula is C11H8ClF5N4. The van der Waals surface area contributed by atoms with Gasteiger partial charge >= 0.3 is 6.18 Å². The van der Waals surface area contributed by atoms with E-state index in [1.165, 1.54) is 0 Å². The Morgan fingerprint density at radius 3 is 2.43 bits per heavy atom. The summed E-state index contributed by atoms with van der Waals surface area (Å²) in [6.45, 7) is -0.197. The van der Waals surface area contributed by atoms with Gasteiger partial charge in [-0.15, -0.1) is 0 Å². The topological polar surface area (TPSA) is 56.7 Å². The van der Waals surface area contributed by atoms with Crippen LogP contribution >= 0.6 is 11.6 Å². The van der Waals surface area contributed by atoms with Gasteiger partial charge in [-0.1, -0.05) is 11.6 Å². The number of alkyl halides is 5. The molecule has 0 aliphatic heterocycles. The third-order valence-electron chi connectivity index (χ3n) is 2.66. The maximum absolute atomic E-state index is 13.0. The summed E-state index contributed by atoms with van der Waals surface area (Å²) in [5.41, 5.74) is 3.74. The number of pyridine rings is 1. The highest BCUT2D eigenvalue weighted by molar-refractivity contribution is 6.32. The van der Waals surface area contributed by atoms with Crippen LogP contribution in [0.3, 0.4) is 0 Å². The molecule has 4 nitrogen and oxygen atoms in total. The van der Waals surface area contributed by atoms with Gasteiger partial charge in [0.15, 0.2) is 5.82 Å². The molecule has 2 rings (SSSR count). The van der Waals surface area contributed by atoms with E-state index < -0.39 is 28.9 Å². The second kappa shape index (κ2) is 5.57. The molecule has 2 aromatic heterocycles. The van der Waals surface area contributed by atoms with E-state index in [0.717, 1.165) is 6.20 Å². The number of rotatable bonds is 3. The molecule has 0 fully saturated rings. The molecule has 2 aromatic rings. The molecule has 0 saturated heterocycles. The first-order valence-corrected chi connectivity index (χ1v) is 5.91. The zero-order valence-corrected chi connectivity index (χ0v) is 11.0. The molecule has 0 saturated carbocycles. The molecule has 0 aromatic carbocycles. The lowest BCUT2D eigenvalue weighted by Gasteiger charge is -2.11. The maximum Gasteiger partial charge on any atom is 0.417 e. The number of hydrogen-bond donors (Lipinski definition) is 1. The highest BCUT2D eigenvalue weighted by atomic mass is 35.5. The number of aromatic nitrogens is 3. The third kappa shape index (κ3) is 2.98. The van der Waals surface area contributed by atoms with Gasteiger partial charge in [-0.2, -0.15) is 18.3 Å². The van der Waals surface area contributed by atoms with Gasteiger partial charge in [0, 0.05) is 18.3 Å². The summed E-state index contributed by atoms with van der Waals surface area (Å²) in [4.78, 5) is 3.48. The van der Waals surface area contributed by atoms with Gasteiger partial charge in [0.1, 0.15) is 5.69 Å². The molecule has 2 N–H and O–H groups in total. The summed E-state index contributed by atoms with van der Waals surface area (Å²) < 4.78 is 64.3. The molecule has 0 radical (unpaired) electrons. The van der Waals surface area contributed by atoms with E-state index in [9.17, 15) is 22.0 Å². The van der Waals surface area contributed by atoms with Crippen molar-refractivity contribution in [2.24, 2.45) is 5.73 Å². The van der Waals surface area contributed by atoms with Crippen LogP contribution in [0.5, 0.6) is 0 Å². The second-order valence-corrected chi connectivity index (χ2v) is 4.41. The van der Waals surface area contributed by atoms with Crippen molar-refractivity contribution in [3.8, 4) is 5.82 Å². The zero-order chi connectivity index (χ0) is 15.8. The summed E-state index contributed by atoms with van der Waals surface area (Å²) >= 11 is 5.70. The molecular weight excluding hydrogens is 319 g/mol. The lowest BCUT2D eigenvalue weighted by atomic mass is 10.2. The monoisotopic (exact) mass is 326 g/mol. The summed E-state index contributed by atoms with van der Waals surface area (Å²) in [5, 5.41) is 3.21. The van der Waals surface area contributed by atoms with Crippen LogP contribution in [0.2, 0.25) is 5.02 Å². The SMILES string of the molecule is NCc1cnn(-c2ncc(C(F)(F)F)cc2Cl)c1C(F)F. The molecule has 0 aliphatic rings. The fourth-order valence-electron chi connectivity index (χ4n) is 1.69. The van der Waals surface area contributed by atoms with Crippen molar-refractivity contribution in [3.05, 3.63) is 40.3 Å². The number of halogens is 6. The van der Waals surface area contributed by atoms with E-state index in [1.54, 1.807) is 0 Å². The summed E-state index contributed by atoms with van der Waals surface area (Å²) in [7, 11) is 0. The van der Waals surface area contributed by atoms with Crippen molar-refractivity contribution in [1.29, 1.82) is 0 Å². The van der Waals surface area contributed by atoms with Crippen LogP contribution < -0.4 is 5.73 Å². The van der Waals surface area contributed by atoms with Crippen molar-refractivity contribution in [2.45, 2.75) is 19.1 Å². The normalized spacial score (nSPS) is 12.2. The Kier molecular flexibility index (Phi) is 4.15. The van der Waals surface area contributed by atoms with Gasteiger partial charge in [-0.3, -0.25) is 0 Å². The summed E-state index contributed by atoms with van der Waals surface area (Å²) in [6, 6.07) is 0.600. The molecule has 0 spiro atoms. The molecule has 0 unspecified atom stereocenters. The molecule has 2 heterocycles. The van der Waals surface area contributed by atoms with Gasteiger partial charge in [-0.05, 0) is 6.07 Å². The number of hydrogen-bond acceptors (Lipinski definition) is 3. The first-order valence-electron chi connectivity index (χ1n) is 5.53. The van der Waals surface area contributed by atoms with E-state index in [0.29, 0.717) is 16.9 Å². The molecule has 114 valence electrons. The largest absolute Gasteiger partial charge is 0.417 e. The van der Waals surface area contributed by atoms with Gasteiger partial charge in [0.25, 0.3) is 6.43 Å². The zero-order valence-electron chi connectivity index (χ0n) is 10.2. The second-order valence-electron chi connectivity index (χ2n) is 4.00. The van der Waals surface area contributed by atoms with Gasteiger partial charge < -0.3 is 5.73 Å². The number of nitrogens with zero attached hydrogens (tertiary/aromatic N) is 3. The summed E-state index contributed by atoms with van der Waals surface area (Å²) in [5.74, 6) is -0.320. The highest BCUT2D eigenvalue weighted by Crippen LogP contribution is 2.33. The Bertz CT molecular complexity index is 653. The Morgan fingerprint density at radius 2 is 1.95 bits per heavy atom. The molecule has 0 atom stereocenters. The van der Waals surface area contributed by atoms with Crippen LogP contribution in [0.15, 0.2) is 18.5 Å². The standard InChI is InChI=1S/C11H8ClF5N4/c12-7-1-6(11(15,16)17)4-19-10(7)21-8(9(13)14)5(2-18)3-20-21/h1,3-4,9H,2,18H2. The van der Waals surface area contributed by atoms with Crippen molar-refractivity contribution in [3.63, 3.8) is 0 Å². The van der Waals surface area contributed by atoms with Crippen molar-refractivity contribution < 1.29 is 22.0 Å². The van der Waals surface area contributed by atoms with E-state index in [-0.39, 0.29) is 17.9 Å². The first kappa shape index (κ1) is 15.6. The lowest BCUT2D eigenvalue weighted by Crippen LogP contribution is -2.11. The molecule has 0 bridgehead atoms. The Labute approximate surface area is 120 Å². The summed E-state index contributed by atoms with van der Waals surface area (Å²) in [6.07, 6.45) is -5.96. The van der Waals surface area contributed by atoms with Gasteiger partial charge in [0.05, 0.1) is 16.8 Å². The van der Waals surface area contributed by atoms with E-state index in [1.807, 2.05) is 0 Å². The molecule has 0 amide bonds. The van der Waals surface area contributed by atoms with Crippen LogP contribution in [-0.4, -0.2) is 14.8 Å². The minimum absolute atomic E-state index is 0.0581. The quantitative estimate of drug-likeness (QED) is 0.880. The van der Waals surface area contributed by atoms with Crippen molar-refractivity contribution >= 4 is 11.6 Å².